The largest absolute Gasteiger partial charge is 0.361 e. The average molecular weight is 557 g/mol. The van der Waals surface area contributed by atoms with Crippen molar-refractivity contribution in [1.82, 2.24) is 20.1 Å². The van der Waals surface area contributed by atoms with Gasteiger partial charge in [-0.1, -0.05) is 41.4 Å². The maximum atomic E-state index is 12.9. The number of hydrogen-bond donors (Lipinski definition) is 3. The second-order valence-electron chi connectivity index (χ2n) is 10.5. The van der Waals surface area contributed by atoms with Crippen molar-refractivity contribution in [3.63, 3.8) is 0 Å². The van der Waals surface area contributed by atoms with Crippen LogP contribution in [-0.4, -0.2) is 65.5 Å². The van der Waals surface area contributed by atoms with E-state index in [1.54, 1.807) is 25.1 Å². The molecule has 38 heavy (non-hydrogen) atoms. The standard InChI is InChI=1S/C29H35Cl2N5O2/c1-19(37)32-18-28(35-12-8-20(9-13-35)24-17-33-27-5-3-2-4-23(24)27)21-10-14-36(15-11-21)29(38)34-22-6-7-25(30)26(31)16-22/h2-7,16-17,20-21,28,33H,8-15,18H2,1H3,(H,32,37)(H,34,38). The van der Waals surface area contributed by atoms with Crippen LogP contribution in [0.5, 0.6) is 0 Å². The van der Waals surface area contributed by atoms with Gasteiger partial charge < -0.3 is 20.5 Å². The number of fused-ring (bicyclic) bond motifs is 1. The molecule has 0 spiro atoms. The summed E-state index contributed by atoms with van der Waals surface area (Å²) < 4.78 is 0. The van der Waals surface area contributed by atoms with Gasteiger partial charge in [0.15, 0.2) is 0 Å². The van der Waals surface area contributed by atoms with Crippen LogP contribution in [-0.2, 0) is 4.79 Å². The van der Waals surface area contributed by atoms with Crippen molar-refractivity contribution >= 4 is 51.7 Å². The first-order valence-electron chi connectivity index (χ1n) is 13.4. The van der Waals surface area contributed by atoms with Gasteiger partial charge in [-0.3, -0.25) is 9.69 Å². The van der Waals surface area contributed by atoms with Gasteiger partial charge in [0.1, 0.15) is 0 Å². The summed E-state index contributed by atoms with van der Waals surface area (Å²) in [4.78, 5) is 32.5. The van der Waals surface area contributed by atoms with E-state index in [2.05, 4.69) is 51.0 Å². The van der Waals surface area contributed by atoms with Crippen LogP contribution < -0.4 is 10.6 Å². The van der Waals surface area contributed by atoms with Crippen molar-refractivity contribution in [2.24, 2.45) is 5.92 Å². The number of urea groups is 1. The van der Waals surface area contributed by atoms with Gasteiger partial charge >= 0.3 is 6.03 Å². The minimum Gasteiger partial charge on any atom is -0.361 e. The van der Waals surface area contributed by atoms with E-state index in [9.17, 15) is 9.59 Å². The fourth-order valence-corrected chi connectivity index (χ4v) is 6.38. The number of aromatic nitrogens is 1. The Morgan fingerprint density at radius 3 is 2.45 bits per heavy atom. The quantitative estimate of drug-likeness (QED) is 0.343. The van der Waals surface area contributed by atoms with Crippen LogP contribution in [0.4, 0.5) is 10.5 Å². The lowest BCUT2D eigenvalue weighted by Crippen LogP contribution is -2.53. The predicted octanol–water partition coefficient (Wildman–Crippen LogP) is 6.10. The highest BCUT2D eigenvalue weighted by Crippen LogP contribution is 2.35. The van der Waals surface area contributed by atoms with Gasteiger partial charge in [0, 0.05) is 55.4 Å². The molecule has 1 unspecified atom stereocenters. The molecular formula is C29H35Cl2N5O2. The summed E-state index contributed by atoms with van der Waals surface area (Å²) in [5.41, 5.74) is 3.25. The van der Waals surface area contributed by atoms with E-state index in [0.717, 1.165) is 38.8 Å². The molecule has 3 N–H and O–H groups in total. The zero-order valence-electron chi connectivity index (χ0n) is 21.7. The normalized spacial score (nSPS) is 18.4. The third kappa shape index (κ3) is 6.11. The van der Waals surface area contributed by atoms with E-state index < -0.39 is 0 Å². The van der Waals surface area contributed by atoms with Gasteiger partial charge in [0.05, 0.1) is 10.0 Å². The highest BCUT2D eigenvalue weighted by Gasteiger charge is 2.34. The summed E-state index contributed by atoms with van der Waals surface area (Å²) in [6.07, 6.45) is 6.19. The van der Waals surface area contributed by atoms with Crippen LogP contribution in [0.15, 0.2) is 48.7 Å². The Balaban J connectivity index is 1.19. The molecule has 0 aliphatic carbocycles. The van der Waals surface area contributed by atoms with Gasteiger partial charge in [-0.05, 0) is 80.4 Å². The van der Waals surface area contributed by atoms with Crippen molar-refractivity contribution in [3.05, 3.63) is 64.3 Å². The zero-order chi connectivity index (χ0) is 26.6. The number of likely N-dealkylation sites (tertiary alicyclic amines) is 2. The monoisotopic (exact) mass is 555 g/mol. The number of hydrogen-bond acceptors (Lipinski definition) is 3. The molecule has 3 aromatic rings. The summed E-state index contributed by atoms with van der Waals surface area (Å²) in [5, 5.41) is 8.21. The number of rotatable bonds is 6. The number of H-pyrrole nitrogens is 1. The lowest BCUT2D eigenvalue weighted by Gasteiger charge is -2.44. The number of halogens is 2. The molecule has 1 atom stereocenters. The molecule has 2 aromatic carbocycles. The van der Waals surface area contributed by atoms with Crippen molar-refractivity contribution in [1.29, 1.82) is 0 Å². The van der Waals surface area contributed by atoms with Crippen molar-refractivity contribution < 1.29 is 9.59 Å². The molecule has 3 amide bonds. The average Bonchev–Trinajstić information content (AvgIpc) is 3.36. The molecular weight excluding hydrogens is 521 g/mol. The number of benzene rings is 2. The molecule has 9 heteroatoms. The molecule has 2 fully saturated rings. The SMILES string of the molecule is CC(=O)NCC(C1CCN(C(=O)Nc2ccc(Cl)c(Cl)c2)CC1)N1CCC(c2c[nH]c3ccccc23)CC1. The number of aromatic amines is 1. The first kappa shape index (κ1) is 26.9. The van der Waals surface area contributed by atoms with Crippen LogP contribution >= 0.6 is 23.2 Å². The minimum absolute atomic E-state index is 0.00196. The summed E-state index contributed by atoms with van der Waals surface area (Å²) in [6.45, 7) is 5.60. The molecule has 1 aromatic heterocycles. The van der Waals surface area contributed by atoms with Gasteiger partial charge in [0.2, 0.25) is 5.91 Å². The van der Waals surface area contributed by atoms with Gasteiger partial charge in [-0.25, -0.2) is 4.79 Å². The Kier molecular flexibility index (Phi) is 8.46. The summed E-state index contributed by atoms with van der Waals surface area (Å²) in [6, 6.07) is 13.8. The smallest absolute Gasteiger partial charge is 0.321 e. The maximum Gasteiger partial charge on any atom is 0.321 e. The number of carbonyl (C=O) groups is 2. The number of para-hydroxylation sites is 1. The molecule has 0 bridgehead atoms. The van der Waals surface area contributed by atoms with Crippen LogP contribution in [0.25, 0.3) is 10.9 Å². The third-order valence-electron chi connectivity index (χ3n) is 8.16. The minimum atomic E-state index is -0.125. The lowest BCUT2D eigenvalue weighted by atomic mass is 9.84. The van der Waals surface area contributed by atoms with E-state index in [0.29, 0.717) is 47.2 Å². The van der Waals surface area contributed by atoms with E-state index in [4.69, 9.17) is 23.2 Å². The summed E-state index contributed by atoms with van der Waals surface area (Å²) >= 11 is 12.1. The highest BCUT2D eigenvalue weighted by molar-refractivity contribution is 6.42. The molecule has 2 saturated heterocycles. The fraction of sp³-hybridized carbons (Fsp3) is 0.448. The second kappa shape index (κ2) is 12.0. The Morgan fingerprint density at radius 1 is 1.00 bits per heavy atom. The second-order valence-corrected chi connectivity index (χ2v) is 11.3. The van der Waals surface area contributed by atoms with Crippen molar-refractivity contribution in [2.45, 2.75) is 44.6 Å². The number of anilines is 1. The number of nitrogens with one attached hydrogen (secondary N) is 3. The molecule has 3 heterocycles. The first-order chi connectivity index (χ1) is 18.4. The number of nitrogens with zero attached hydrogens (tertiary/aromatic N) is 2. The Hall–Kier alpha value is -2.74. The van der Waals surface area contributed by atoms with E-state index >= 15 is 0 Å². The zero-order valence-corrected chi connectivity index (χ0v) is 23.2. The van der Waals surface area contributed by atoms with E-state index in [-0.39, 0.29) is 18.0 Å². The molecule has 7 nitrogen and oxygen atoms in total. The lowest BCUT2D eigenvalue weighted by molar-refractivity contribution is -0.119. The van der Waals surface area contributed by atoms with Crippen LogP contribution in [0.1, 0.15) is 44.1 Å². The van der Waals surface area contributed by atoms with Crippen LogP contribution in [0, 0.1) is 5.92 Å². The molecule has 0 saturated carbocycles. The van der Waals surface area contributed by atoms with E-state index in [1.807, 2.05) is 4.90 Å². The summed E-state index contributed by atoms with van der Waals surface area (Å²) in [7, 11) is 0. The van der Waals surface area contributed by atoms with Gasteiger partial charge in [0.25, 0.3) is 0 Å². The number of piperidine rings is 2. The molecule has 2 aliphatic heterocycles. The van der Waals surface area contributed by atoms with Crippen LogP contribution in [0.3, 0.4) is 0 Å². The number of amides is 3. The predicted molar refractivity (Wildman–Crippen MR) is 154 cm³/mol. The number of carbonyl (C=O) groups excluding carboxylic acids is 2. The molecule has 0 radical (unpaired) electrons. The fourth-order valence-electron chi connectivity index (χ4n) is 6.08. The summed E-state index contributed by atoms with van der Waals surface area (Å²) in [5.74, 6) is 0.957. The topological polar surface area (TPSA) is 80.5 Å². The third-order valence-corrected chi connectivity index (χ3v) is 8.90. The molecule has 5 rings (SSSR count). The van der Waals surface area contributed by atoms with Crippen molar-refractivity contribution in [2.75, 3.05) is 38.0 Å². The Morgan fingerprint density at radius 2 is 1.74 bits per heavy atom. The van der Waals surface area contributed by atoms with Gasteiger partial charge in [-0.2, -0.15) is 0 Å². The van der Waals surface area contributed by atoms with Crippen LogP contribution in [0.2, 0.25) is 10.0 Å². The Bertz CT molecular complexity index is 1280. The molecule has 202 valence electrons. The van der Waals surface area contributed by atoms with Gasteiger partial charge in [-0.15, -0.1) is 0 Å². The molecule has 2 aliphatic rings. The highest BCUT2D eigenvalue weighted by atomic mass is 35.5. The first-order valence-corrected chi connectivity index (χ1v) is 14.2. The Labute approximate surface area is 233 Å². The maximum absolute atomic E-state index is 12.9. The van der Waals surface area contributed by atoms with E-state index in [1.165, 1.54) is 16.5 Å². The van der Waals surface area contributed by atoms with Crippen molar-refractivity contribution in [3.8, 4) is 0 Å².